The zero-order valence-electron chi connectivity index (χ0n) is 10.8. The van der Waals surface area contributed by atoms with E-state index in [-0.39, 0.29) is 5.75 Å². The molecule has 2 nitrogen and oxygen atoms in total. The van der Waals surface area contributed by atoms with Crippen LogP contribution in [0.25, 0.3) is 0 Å². The van der Waals surface area contributed by atoms with Crippen LogP contribution in [0.4, 0.5) is 0 Å². The van der Waals surface area contributed by atoms with Crippen molar-refractivity contribution in [3.8, 4) is 5.75 Å². The van der Waals surface area contributed by atoms with Gasteiger partial charge in [-0.2, -0.15) is 0 Å². The Hall–Kier alpha value is -1.80. The smallest absolute Gasteiger partial charge is 0.124 e. The molecule has 0 aliphatic carbocycles. The SMILES string of the molecule is CC(=NCCc1ccccc1)c1cc(Cl)ccc1O. The highest BCUT2D eigenvalue weighted by atomic mass is 35.5. The van der Waals surface area contributed by atoms with Crippen LogP contribution in [0.15, 0.2) is 53.5 Å². The van der Waals surface area contributed by atoms with Gasteiger partial charge in [0.15, 0.2) is 0 Å². The molecule has 0 aliphatic rings. The highest BCUT2D eigenvalue weighted by Crippen LogP contribution is 2.22. The van der Waals surface area contributed by atoms with Gasteiger partial charge >= 0.3 is 0 Å². The van der Waals surface area contributed by atoms with E-state index in [1.165, 1.54) is 5.56 Å². The third-order valence-electron chi connectivity index (χ3n) is 2.94. The van der Waals surface area contributed by atoms with Crippen LogP contribution in [-0.4, -0.2) is 17.4 Å². The van der Waals surface area contributed by atoms with E-state index in [0.717, 1.165) is 12.1 Å². The van der Waals surface area contributed by atoms with Crippen LogP contribution in [0.1, 0.15) is 18.1 Å². The fourth-order valence-electron chi connectivity index (χ4n) is 1.88. The second kappa shape index (κ2) is 6.39. The lowest BCUT2D eigenvalue weighted by atomic mass is 10.1. The summed E-state index contributed by atoms with van der Waals surface area (Å²) in [7, 11) is 0. The summed E-state index contributed by atoms with van der Waals surface area (Å²) in [5.74, 6) is 0.213. The van der Waals surface area contributed by atoms with Gasteiger partial charge in [-0.3, -0.25) is 4.99 Å². The molecular weight excluding hydrogens is 258 g/mol. The second-order valence-electron chi connectivity index (χ2n) is 4.36. The molecule has 19 heavy (non-hydrogen) atoms. The summed E-state index contributed by atoms with van der Waals surface area (Å²) >= 11 is 5.92. The van der Waals surface area contributed by atoms with Gasteiger partial charge in [0.25, 0.3) is 0 Å². The molecular formula is C16H16ClNO. The van der Waals surface area contributed by atoms with Gasteiger partial charge in [0.2, 0.25) is 0 Å². The van der Waals surface area contributed by atoms with Crippen LogP contribution in [0, 0.1) is 0 Å². The number of halogens is 1. The maximum Gasteiger partial charge on any atom is 0.124 e. The van der Waals surface area contributed by atoms with Crippen LogP contribution in [0.5, 0.6) is 5.75 Å². The van der Waals surface area contributed by atoms with Crippen LogP contribution in [0.3, 0.4) is 0 Å². The summed E-state index contributed by atoms with van der Waals surface area (Å²) < 4.78 is 0. The number of phenols is 1. The first-order valence-corrected chi connectivity index (χ1v) is 6.58. The van der Waals surface area contributed by atoms with E-state index in [0.29, 0.717) is 17.1 Å². The summed E-state index contributed by atoms with van der Waals surface area (Å²) in [4.78, 5) is 4.49. The number of aromatic hydroxyl groups is 1. The van der Waals surface area contributed by atoms with Crippen LogP contribution < -0.4 is 0 Å². The molecule has 0 aromatic heterocycles. The Bertz CT molecular complexity index is 579. The minimum Gasteiger partial charge on any atom is -0.507 e. The van der Waals surface area contributed by atoms with Crippen LogP contribution >= 0.6 is 11.6 Å². The molecule has 0 saturated carbocycles. The maximum atomic E-state index is 9.78. The minimum absolute atomic E-state index is 0.213. The number of hydrogen-bond donors (Lipinski definition) is 1. The summed E-state index contributed by atoms with van der Waals surface area (Å²) in [6.07, 6.45) is 0.888. The number of hydrogen-bond acceptors (Lipinski definition) is 2. The van der Waals surface area contributed by atoms with E-state index in [9.17, 15) is 5.11 Å². The van der Waals surface area contributed by atoms with E-state index in [1.807, 2.05) is 25.1 Å². The highest BCUT2D eigenvalue weighted by Gasteiger charge is 2.05. The van der Waals surface area contributed by atoms with Gasteiger partial charge < -0.3 is 5.11 Å². The van der Waals surface area contributed by atoms with Crippen molar-refractivity contribution in [1.82, 2.24) is 0 Å². The number of benzene rings is 2. The fraction of sp³-hybridized carbons (Fsp3) is 0.188. The lowest BCUT2D eigenvalue weighted by molar-refractivity contribution is 0.474. The van der Waals surface area contributed by atoms with Crippen molar-refractivity contribution in [3.05, 3.63) is 64.7 Å². The molecule has 2 rings (SSSR count). The first-order chi connectivity index (χ1) is 9.16. The van der Waals surface area contributed by atoms with Crippen molar-refractivity contribution >= 4 is 17.3 Å². The maximum absolute atomic E-state index is 9.78. The molecule has 1 N–H and O–H groups in total. The summed E-state index contributed by atoms with van der Waals surface area (Å²) in [6, 6.07) is 15.2. The molecule has 0 radical (unpaired) electrons. The van der Waals surface area contributed by atoms with E-state index in [4.69, 9.17) is 11.6 Å². The Kier molecular flexibility index (Phi) is 4.58. The first kappa shape index (κ1) is 13.6. The molecule has 0 spiro atoms. The van der Waals surface area contributed by atoms with Crippen LogP contribution in [-0.2, 0) is 6.42 Å². The normalized spacial score (nSPS) is 11.6. The fourth-order valence-corrected chi connectivity index (χ4v) is 2.05. The Morgan fingerprint density at radius 2 is 1.89 bits per heavy atom. The molecule has 98 valence electrons. The standard InChI is InChI=1S/C16H16ClNO/c1-12(15-11-14(17)7-8-16(15)19)18-10-9-13-5-3-2-4-6-13/h2-8,11,19H,9-10H2,1H3. The second-order valence-corrected chi connectivity index (χ2v) is 4.80. The van der Waals surface area contributed by atoms with Crippen molar-refractivity contribution in [1.29, 1.82) is 0 Å². The van der Waals surface area contributed by atoms with Gasteiger partial charge in [-0.1, -0.05) is 41.9 Å². The quantitative estimate of drug-likeness (QED) is 0.836. The van der Waals surface area contributed by atoms with Crippen molar-refractivity contribution in [2.75, 3.05) is 6.54 Å². The Balaban J connectivity index is 2.05. The first-order valence-electron chi connectivity index (χ1n) is 6.20. The molecule has 0 heterocycles. The molecule has 0 aliphatic heterocycles. The van der Waals surface area contributed by atoms with Gasteiger partial charge in [0.05, 0.1) is 0 Å². The van der Waals surface area contributed by atoms with E-state index >= 15 is 0 Å². The zero-order chi connectivity index (χ0) is 13.7. The topological polar surface area (TPSA) is 32.6 Å². The largest absolute Gasteiger partial charge is 0.507 e. The predicted octanol–water partition coefficient (Wildman–Crippen LogP) is 4.10. The van der Waals surface area contributed by atoms with Crippen molar-refractivity contribution in [2.24, 2.45) is 4.99 Å². The molecule has 3 heteroatoms. The summed E-state index contributed by atoms with van der Waals surface area (Å²) in [6.45, 7) is 2.58. The predicted molar refractivity (Wildman–Crippen MR) is 80.3 cm³/mol. The third-order valence-corrected chi connectivity index (χ3v) is 3.18. The zero-order valence-corrected chi connectivity index (χ0v) is 11.6. The van der Waals surface area contributed by atoms with Gasteiger partial charge in [0, 0.05) is 22.8 Å². The highest BCUT2D eigenvalue weighted by molar-refractivity contribution is 6.31. The van der Waals surface area contributed by atoms with Crippen molar-refractivity contribution < 1.29 is 5.11 Å². The molecule has 2 aromatic rings. The summed E-state index contributed by atoms with van der Waals surface area (Å²) in [5.41, 5.74) is 2.76. The number of rotatable bonds is 4. The number of aliphatic imine (C=N–C) groups is 1. The Labute approximate surface area is 118 Å². The Morgan fingerprint density at radius 3 is 2.63 bits per heavy atom. The minimum atomic E-state index is 0.213. The van der Waals surface area contributed by atoms with E-state index in [2.05, 4.69) is 17.1 Å². The molecule has 0 atom stereocenters. The van der Waals surface area contributed by atoms with Gasteiger partial charge in [0.1, 0.15) is 5.75 Å². The van der Waals surface area contributed by atoms with Crippen LogP contribution in [0.2, 0.25) is 5.02 Å². The third kappa shape index (κ3) is 3.83. The van der Waals surface area contributed by atoms with Gasteiger partial charge in [-0.15, -0.1) is 0 Å². The van der Waals surface area contributed by atoms with Crippen molar-refractivity contribution in [2.45, 2.75) is 13.3 Å². The summed E-state index contributed by atoms with van der Waals surface area (Å²) in [5, 5.41) is 10.4. The molecule has 0 saturated heterocycles. The Morgan fingerprint density at radius 1 is 1.16 bits per heavy atom. The monoisotopic (exact) mass is 273 g/mol. The van der Waals surface area contributed by atoms with E-state index < -0.39 is 0 Å². The number of phenolic OH excluding ortho intramolecular Hbond substituents is 1. The molecule has 0 amide bonds. The lowest BCUT2D eigenvalue weighted by Crippen LogP contribution is -1.99. The molecule has 0 fully saturated rings. The molecule has 0 unspecified atom stereocenters. The lowest BCUT2D eigenvalue weighted by Gasteiger charge is -2.05. The average Bonchev–Trinajstić information content (AvgIpc) is 2.42. The average molecular weight is 274 g/mol. The van der Waals surface area contributed by atoms with Gasteiger partial charge in [-0.25, -0.2) is 0 Å². The molecule has 0 bridgehead atoms. The van der Waals surface area contributed by atoms with E-state index in [1.54, 1.807) is 18.2 Å². The van der Waals surface area contributed by atoms with Gasteiger partial charge in [-0.05, 0) is 37.1 Å². The number of nitrogens with zero attached hydrogens (tertiary/aromatic N) is 1. The molecule has 2 aromatic carbocycles. The van der Waals surface area contributed by atoms with Crippen molar-refractivity contribution in [3.63, 3.8) is 0 Å².